The summed E-state index contributed by atoms with van der Waals surface area (Å²) in [6.45, 7) is 7.80. The molecule has 16 heteroatoms. The van der Waals surface area contributed by atoms with Gasteiger partial charge in [-0.15, -0.1) is 0 Å². The molecule has 2 N–H and O–H groups in total. The summed E-state index contributed by atoms with van der Waals surface area (Å²) in [4.78, 5) is 33.9. The fourth-order valence-electron chi connectivity index (χ4n) is 7.71. The van der Waals surface area contributed by atoms with Crippen LogP contribution in [0.4, 0.5) is 20.2 Å². The number of esters is 1. The van der Waals surface area contributed by atoms with Crippen LogP contribution in [0.2, 0.25) is 0 Å². The summed E-state index contributed by atoms with van der Waals surface area (Å²) in [5.41, 5.74) is 7.23. The maximum absolute atomic E-state index is 15.0. The molecule has 0 amide bonds. The molecule has 2 aliphatic heterocycles. The Morgan fingerprint density at radius 2 is 1.64 bits per heavy atom. The lowest BCUT2D eigenvalue weighted by atomic mass is 9.87. The van der Waals surface area contributed by atoms with Crippen LogP contribution in [-0.2, 0) is 26.4 Å². The van der Waals surface area contributed by atoms with Crippen molar-refractivity contribution in [2.45, 2.75) is 57.4 Å². The van der Waals surface area contributed by atoms with Crippen LogP contribution in [0.3, 0.4) is 0 Å². The van der Waals surface area contributed by atoms with Crippen molar-refractivity contribution in [2.75, 3.05) is 55.7 Å². The van der Waals surface area contributed by atoms with E-state index >= 15 is 4.39 Å². The predicted octanol–water partition coefficient (Wildman–Crippen LogP) is 4.47. The van der Waals surface area contributed by atoms with Crippen molar-refractivity contribution in [3.05, 3.63) is 113 Å². The largest absolute Gasteiger partial charge is 0.493 e. The lowest BCUT2D eigenvalue weighted by Gasteiger charge is -2.37. The van der Waals surface area contributed by atoms with Gasteiger partial charge in [0.25, 0.3) is 0 Å². The van der Waals surface area contributed by atoms with E-state index in [1.807, 2.05) is 43.3 Å². The summed E-state index contributed by atoms with van der Waals surface area (Å²) in [5.74, 6) is -1.12. The summed E-state index contributed by atoms with van der Waals surface area (Å²) in [5, 5.41) is 8.56. The molecule has 14 nitrogen and oxygen atoms in total. The van der Waals surface area contributed by atoms with Crippen molar-refractivity contribution in [3.63, 3.8) is 0 Å². The molecule has 0 spiro atoms. The first kappa shape index (κ1) is 38.7. The lowest BCUT2D eigenvalue weighted by Crippen LogP contribution is -2.46. The van der Waals surface area contributed by atoms with Crippen LogP contribution in [0.15, 0.2) is 90.5 Å². The van der Waals surface area contributed by atoms with Crippen molar-refractivity contribution in [1.82, 2.24) is 29.1 Å². The first-order valence-electron chi connectivity index (χ1n) is 19.0. The van der Waals surface area contributed by atoms with Crippen LogP contribution in [0, 0.1) is 17.6 Å². The number of benzene rings is 3. The second-order valence-electron chi connectivity index (χ2n) is 14.4. The first-order chi connectivity index (χ1) is 27.2. The highest BCUT2D eigenvalue weighted by Gasteiger charge is 2.44. The van der Waals surface area contributed by atoms with E-state index < -0.39 is 35.4 Å². The van der Waals surface area contributed by atoms with Crippen molar-refractivity contribution in [3.8, 4) is 11.4 Å². The van der Waals surface area contributed by atoms with Gasteiger partial charge < -0.3 is 29.7 Å². The average Bonchev–Trinajstić information content (AvgIpc) is 3.97. The number of carbonyl (C=O) groups is 1. The molecule has 2 fully saturated rings. The van der Waals surface area contributed by atoms with Gasteiger partial charge in [0.1, 0.15) is 48.1 Å². The van der Waals surface area contributed by atoms with Gasteiger partial charge >= 0.3 is 11.7 Å². The molecular formula is C40H47F2N9O5. The first-order valence-corrected chi connectivity index (χ1v) is 19.0. The third-order valence-corrected chi connectivity index (χ3v) is 10.6. The summed E-state index contributed by atoms with van der Waals surface area (Å²) < 4.78 is 51.1. The van der Waals surface area contributed by atoms with Gasteiger partial charge in [0, 0.05) is 55.1 Å². The molecule has 0 bridgehead atoms. The van der Waals surface area contributed by atoms with E-state index in [9.17, 15) is 14.0 Å². The number of hydrogen-bond acceptors (Lipinski definition) is 11. The summed E-state index contributed by atoms with van der Waals surface area (Å²) >= 11 is 0. The molecule has 0 unspecified atom stereocenters. The molecule has 4 heterocycles. The van der Waals surface area contributed by atoms with Crippen molar-refractivity contribution >= 4 is 17.3 Å². The molecular weight excluding hydrogens is 724 g/mol. The zero-order chi connectivity index (χ0) is 39.2. The van der Waals surface area contributed by atoms with Crippen molar-refractivity contribution in [1.29, 1.82) is 0 Å². The van der Waals surface area contributed by atoms with E-state index in [-0.39, 0.29) is 30.3 Å². The van der Waals surface area contributed by atoms with Crippen LogP contribution in [-0.4, -0.2) is 87.1 Å². The summed E-state index contributed by atoms with van der Waals surface area (Å²) in [7, 11) is 0. The van der Waals surface area contributed by atoms with Crippen LogP contribution in [0.1, 0.15) is 44.7 Å². The van der Waals surface area contributed by atoms with E-state index in [0.717, 1.165) is 55.8 Å². The number of ether oxygens (including phenoxy) is 3. The highest BCUT2D eigenvalue weighted by atomic mass is 19.1. The fourth-order valence-corrected chi connectivity index (χ4v) is 7.71. The Balaban J connectivity index is 0.918. The SMILES string of the molecule is CCC[C@@H]([C@H](C)OC(=O)CN)n1ncn(-c2ccc(N3CCN(c4ccc(OC[C@@H]5CO[C@@](Cn6cncn6)(c6ccc(F)cc6F)C5)cc4)CC3)cc2)c1=O. The van der Waals surface area contributed by atoms with Gasteiger partial charge in [0.15, 0.2) is 0 Å². The number of anilines is 2. The predicted molar refractivity (Wildman–Crippen MR) is 205 cm³/mol. The minimum Gasteiger partial charge on any atom is -0.493 e. The Morgan fingerprint density at radius 3 is 2.27 bits per heavy atom. The number of piperazine rings is 1. The highest BCUT2D eigenvalue weighted by Crippen LogP contribution is 2.42. The monoisotopic (exact) mass is 771 g/mol. The number of rotatable bonds is 15. The second kappa shape index (κ2) is 17.0. The van der Waals surface area contributed by atoms with Gasteiger partial charge in [-0.2, -0.15) is 10.2 Å². The van der Waals surface area contributed by atoms with Crippen LogP contribution < -0.4 is 26.0 Å². The standard InChI is InChI=1S/C40H47F2N9O5/c1-3-4-37(28(2)56-38(52)21-43)51-39(53)50(27-46-51)33-8-6-31(7-9-33)47-15-17-48(18-16-47)32-10-12-34(13-11-32)54-22-29-20-40(55-23-29,24-49-26-44-25-45-49)35-14-5-30(41)19-36(35)42/h5-14,19,25-29,37H,3-4,15-18,20-24,43H2,1-2H3/t28-,29+,37-,40-/m0/s1. The second-order valence-corrected chi connectivity index (χ2v) is 14.4. The lowest BCUT2D eigenvalue weighted by molar-refractivity contribution is -0.148. The van der Waals surface area contributed by atoms with E-state index in [4.69, 9.17) is 19.9 Å². The quantitative estimate of drug-likeness (QED) is 0.150. The van der Waals surface area contributed by atoms with E-state index in [0.29, 0.717) is 31.7 Å². The van der Waals surface area contributed by atoms with Gasteiger partial charge in [0.2, 0.25) is 0 Å². The summed E-state index contributed by atoms with van der Waals surface area (Å²) in [6.07, 6.45) is 5.79. The molecule has 0 saturated carbocycles. The van der Waals surface area contributed by atoms with Gasteiger partial charge in [-0.05, 0) is 74.4 Å². The molecule has 4 atom stereocenters. The van der Waals surface area contributed by atoms with Crippen molar-refractivity contribution in [2.24, 2.45) is 11.7 Å². The highest BCUT2D eigenvalue weighted by molar-refractivity contribution is 5.71. The minimum absolute atomic E-state index is 0.0230. The van der Waals surface area contributed by atoms with Gasteiger partial charge in [-0.25, -0.2) is 32.5 Å². The Bertz CT molecular complexity index is 2120. The van der Waals surface area contributed by atoms with E-state index in [1.165, 1.54) is 34.0 Å². The number of carbonyl (C=O) groups excluding carboxylic acids is 1. The van der Waals surface area contributed by atoms with Crippen LogP contribution in [0.5, 0.6) is 5.75 Å². The topological polar surface area (TPSA) is 148 Å². The average molecular weight is 772 g/mol. The molecule has 5 aromatic rings. The maximum atomic E-state index is 15.0. The number of hydrogen-bond donors (Lipinski definition) is 1. The zero-order valence-corrected chi connectivity index (χ0v) is 31.5. The normalized spacial score (nSPS) is 19.6. The minimum atomic E-state index is -1.03. The Labute approximate surface area is 323 Å². The molecule has 3 aromatic carbocycles. The molecule has 2 aliphatic rings. The maximum Gasteiger partial charge on any atom is 0.350 e. The van der Waals surface area contributed by atoms with Crippen LogP contribution in [0.25, 0.3) is 5.69 Å². The van der Waals surface area contributed by atoms with Gasteiger partial charge in [0.05, 0.1) is 38.0 Å². The molecule has 0 aliphatic carbocycles. The number of aromatic nitrogens is 6. The number of halogens is 2. The third kappa shape index (κ3) is 8.45. The Morgan fingerprint density at radius 1 is 0.964 bits per heavy atom. The zero-order valence-electron chi connectivity index (χ0n) is 31.5. The smallest absolute Gasteiger partial charge is 0.350 e. The van der Waals surface area contributed by atoms with Gasteiger partial charge in [-0.1, -0.05) is 19.4 Å². The van der Waals surface area contributed by atoms with E-state index in [1.54, 1.807) is 17.9 Å². The van der Waals surface area contributed by atoms with Gasteiger partial charge in [-0.3, -0.25) is 4.79 Å². The number of nitrogens with zero attached hydrogens (tertiary/aromatic N) is 8. The molecule has 7 rings (SSSR count). The Kier molecular flexibility index (Phi) is 11.8. The van der Waals surface area contributed by atoms with E-state index in [2.05, 4.69) is 37.1 Å². The summed E-state index contributed by atoms with van der Waals surface area (Å²) in [6, 6.07) is 19.0. The fraction of sp³-hybridized carbons (Fsp3) is 0.425. The Hall–Kier alpha value is -5.61. The third-order valence-electron chi connectivity index (χ3n) is 10.6. The molecule has 2 aromatic heterocycles. The molecule has 56 heavy (non-hydrogen) atoms. The molecule has 296 valence electrons. The number of nitrogens with two attached hydrogens (primary N) is 1. The molecule has 2 saturated heterocycles. The molecule has 0 radical (unpaired) electrons. The van der Waals surface area contributed by atoms with Crippen LogP contribution >= 0.6 is 0 Å². The van der Waals surface area contributed by atoms with Crippen molar-refractivity contribution < 1.29 is 27.8 Å².